The number of para-hydroxylation sites is 1. The molecule has 1 fully saturated rings. The molecule has 2 aromatic rings. The van der Waals surface area contributed by atoms with Crippen LogP contribution in [0.1, 0.15) is 58.1 Å². The van der Waals surface area contributed by atoms with Crippen LogP contribution in [-0.2, 0) is 9.59 Å². The van der Waals surface area contributed by atoms with Crippen molar-refractivity contribution in [3.8, 4) is 11.5 Å². The molecule has 0 bridgehead atoms. The highest BCUT2D eigenvalue weighted by Crippen LogP contribution is 2.39. The van der Waals surface area contributed by atoms with Gasteiger partial charge in [-0.1, -0.05) is 44.2 Å². The molecular weight excluding hydrogens is 492 g/mol. The number of ether oxygens (including phenoxy) is 1. The van der Waals surface area contributed by atoms with Crippen LogP contribution in [0.3, 0.4) is 0 Å². The molecule has 1 N–H and O–H groups in total. The van der Waals surface area contributed by atoms with E-state index in [4.69, 9.17) is 4.74 Å². The Hall–Kier alpha value is -3.81. The quantitative estimate of drug-likeness (QED) is 0.516. The number of rotatable bonds is 8. The van der Waals surface area contributed by atoms with Crippen molar-refractivity contribution >= 4 is 17.8 Å². The van der Waals surface area contributed by atoms with Gasteiger partial charge in [0.25, 0.3) is 5.91 Å². The van der Waals surface area contributed by atoms with Crippen molar-refractivity contribution < 1.29 is 19.1 Å². The molecule has 39 heavy (non-hydrogen) atoms. The smallest absolute Gasteiger partial charge is 0.322 e. The van der Waals surface area contributed by atoms with Gasteiger partial charge in [0.2, 0.25) is 5.91 Å². The summed E-state index contributed by atoms with van der Waals surface area (Å²) in [7, 11) is 0. The predicted octanol–water partition coefficient (Wildman–Crippen LogP) is 5.09. The summed E-state index contributed by atoms with van der Waals surface area (Å²) in [5, 5.41) is 3.05. The molecule has 5 rings (SSSR count). The van der Waals surface area contributed by atoms with Crippen LogP contribution in [0.2, 0.25) is 0 Å². The lowest BCUT2D eigenvalue weighted by Gasteiger charge is -2.35. The van der Waals surface area contributed by atoms with E-state index in [0.29, 0.717) is 35.7 Å². The molecule has 206 valence electrons. The number of piperidine rings is 1. The second-order valence-corrected chi connectivity index (χ2v) is 10.9. The first-order chi connectivity index (χ1) is 18.9. The van der Waals surface area contributed by atoms with Crippen LogP contribution in [0.25, 0.3) is 0 Å². The van der Waals surface area contributed by atoms with Crippen LogP contribution in [0.4, 0.5) is 4.79 Å². The van der Waals surface area contributed by atoms with E-state index in [1.807, 2.05) is 66.4 Å². The minimum Gasteiger partial charge on any atom is -0.457 e. The van der Waals surface area contributed by atoms with Gasteiger partial charge in [0.05, 0.1) is 23.9 Å². The van der Waals surface area contributed by atoms with Crippen LogP contribution in [0.15, 0.2) is 65.9 Å². The van der Waals surface area contributed by atoms with Crippen LogP contribution in [-0.4, -0.2) is 64.8 Å². The molecule has 0 aromatic heterocycles. The Kier molecular flexibility index (Phi) is 7.91. The summed E-state index contributed by atoms with van der Waals surface area (Å²) in [5.41, 5.74) is 1.98. The first-order valence-electron chi connectivity index (χ1n) is 14.1. The van der Waals surface area contributed by atoms with Gasteiger partial charge in [0.15, 0.2) is 0 Å². The normalized spacial score (nSPS) is 20.3. The second kappa shape index (κ2) is 11.5. The fourth-order valence-corrected chi connectivity index (χ4v) is 5.86. The standard InChI is InChI=1S/C31H38N4O4/c1-4-34-26-20-35(25(18-21(2)3)29(36)33-16-9-6-10-17-33)30(37)27(26)28(32-31(34)38)22-12-11-15-24(19-22)39-23-13-7-5-8-14-23/h5,7-8,11-15,19,21,25,28H,4,6,9-10,16-18,20H2,1-3H3,(H,32,38). The van der Waals surface area contributed by atoms with Gasteiger partial charge in [0, 0.05) is 19.6 Å². The Morgan fingerprint density at radius 2 is 1.72 bits per heavy atom. The van der Waals surface area contributed by atoms with Gasteiger partial charge in [0.1, 0.15) is 17.5 Å². The van der Waals surface area contributed by atoms with Gasteiger partial charge < -0.3 is 19.9 Å². The van der Waals surface area contributed by atoms with E-state index in [-0.39, 0.29) is 30.3 Å². The number of carbonyl (C=O) groups is 3. The highest BCUT2D eigenvalue weighted by atomic mass is 16.5. The Bertz CT molecular complexity index is 1250. The van der Waals surface area contributed by atoms with E-state index in [2.05, 4.69) is 19.2 Å². The average Bonchev–Trinajstić information content (AvgIpc) is 3.28. The molecule has 4 amide bonds. The summed E-state index contributed by atoms with van der Waals surface area (Å²) in [6.45, 7) is 8.22. The van der Waals surface area contributed by atoms with Crippen LogP contribution in [0.5, 0.6) is 11.5 Å². The topological polar surface area (TPSA) is 82.2 Å². The molecule has 1 saturated heterocycles. The van der Waals surface area contributed by atoms with Crippen molar-refractivity contribution in [2.45, 2.75) is 58.5 Å². The zero-order valence-electron chi connectivity index (χ0n) is 23.1. The van der Waals surface area contributed by atoms with E-state index in [0.717, 1.165) is 37.9 Å². The maximum Gasteiger partial charge on any atom is 0.322 e. The third kappa shape index (κ3) is 5.51. The molecule has 2 unspecified atom stereocenters. The molecule has 0 spiro atoms. The van der Waals surface area contributed by atoms with E-state index in [1.54, 1.807) is 9.80 Å². The van der Waals surface area contributed by atoms with Crippen molar-refractivity contribution in [3.05, 3.63) is 71.4 Å². The second-order valence-electron chi connectivity index (χ2n) is 10.9. The van der Waals surface area contributed by atoms with Crippen LogP contribution < -0.4 is 10.1 Å². The zero-order chi connectivity index (χ0) is 27.5. The molecule has 3 aliphatic heterocycles. The Labute approximate surface area is 230 Å². The number of carbonyl (C=O) groups excluding carboxylic acids is 3. The number of likely N-dealkylation sites (tertiary alicyclic amines) is 1. The lowest BCUT2D eigenvalue weighted by molar-refractivity contribution is -0.144. The van der Waals surface area contributed by atoms with Crippen molar-refractivity contribution in [2.24, 2.45) is 5.92 Å². The molecule has 2 atom stereocenters. The van der Waals surface area contributed by atoms with Crippen molar-refractivity contribution in [1.82, 2.24) is 20.0 Å². The summed E-state index contributed by atoms with van der Waals surface area (Å²) < 4.78 is 6.03. The van der Waals surface area contributed by atoms with E-state index in [1.165, 1.54) is 0 Å². The first-order valence-corrected chi connectivity index (χ1v) is 14.1. The van der Waals surface area contributed by atoms with Crippen LogP contribution in [0, 0.1) is 5.92 Å². The van der Waals surface area contributed by atoms with Gasteiger partial charge in [-0.05, 0) is 68.4 Å². The molecule has 2 aromatic carbocycles. The highest BCUT2D eigenvalue weighted by molar-refractivity contribution is 6.03. The fraction of sp³-hybridized carbons (Fsp3) is 0.452. The van der Waals surface area contributed by atoms with E-state index in [9.17, 15) is 14.4 Å². The Morgan fingerprint density at radius 1 is 1.00 bits per heavy atom. The molecule has 8 nitrogen and oxygen atoms in total. The monoisotopic (exact) mass is 530 g/mol. The summed E-state index contributed by atoms with van der Waals surface area (Å²) >= 11 is 0. The Morgan fingerprint density at radius 3 is 2.41 bits per heavy atom. The van der Waals surface area contributed by atoms with Gasteiger partial charge in [-0.3, -0.25) is 14.5 Å². The average molecular weight is 531 g/mol. The van der Waals surface area contributed by atoms with Gasteiger partial charge in [-0.2, -0.15) is 0 Å². The maximum atomic E-state index is 14.2. The number of urea groups is 1. The number of amides is 4. The zero-order valence-corrected chi connectivity index (χ0v) is 23.1. The lowest BCUT2D eigenvalue weighted by atomic mass is 9.95. The van der Waals surface area contributed by atoms with E-state index < -0.39 is 12.1 Å². The number of nitrogens with one attached hydrogen (secondary N) is 1. The third-order valence-electron chi connectivity index (χ3n) is 7.76. The highest BCUT2D eigenvalue weighted by Gasteiger charge is 2.47. The summed E-state index contributed by atoms with van der Waals surface area (Å²) in [4.78, 5) is 46.4. The van der Waals surface area contributed by atoms with Crippen molar-refractivity contribution in [3.63, 3.8) is 0 Å². The number of hydrogen-bond donors (Lipinski definition) is 1. The summed E-state index contributed by atoms with van der Waals surface area (Å²) in [6, 6.07) is 15.5. The molecule has 0 aliphatic carbocycles. The van der Waals surface area contributed by atoms with Crippen molar-refractivity contribution in [1.29, 1.82) is 0 Å². The number of likely N-dealkylation sites (N-methyl/N-ethyl adjacent to an activating group) is 1. The summed E-state index contributed by atoms with van der Waals surface area (Å²) in [5.74, 6) is 1.40. The van der Waals surface area contributed by atoms with Gasteiger partial charge in [-0.15, -0.1) is 0 Å². The fourth-order valence-electron chi connectivity index (χ4n) is 5.86. The SMILES string of the molecule is CCN1C(=O)NC(c2cccc(Oc3ccccc3)c2)C2=C1CN(C(CC(C)C)C(=O)N1CCCCC1)C2=O. The van der Waals surface area contributed by atoms with Crippen LogP contribution >= 0.6 is 0 Å². The minimum atomic E-state index is -0.628. The number of benzene rings is 2. The third-order valence-corrected chi connectivity index (χ3v) is 7.76. The Balaban J connectivity index is 1.47. The molecule has 3 aliphatic rings. The molecule has 8 heteroatoms. The first kappa shape index (κ1) is 26.8. The number of nitrogens with zero attached hydrogens (tertiary/aromatic N) is 3. The van der Waals surface area contributed by atoms with E-state index >= 15 is 0 Å². The van der Waals surface area contributed by atoms with Gasteiger partial charge >= 0.3 is 6.03 Å². The van der Waals surface area contributed by atoms with Gasteiger partial charge in [-0.25, -0.2) is 4.79 Å². The molecule has 3 heterocycles. The van der Waals surface area contributed by atoms with Crippen molar-refractivity contribution in [2.75, 3.05) is 26.2 Å². The maximum absolute atomic E-state index is 14.2. The molecule has 0 radical (unpaired) electrons. The largest absolute Gasteiger partial charge is 0.457 e. The number of hydrogen-bond acceptors (Lipinski definition) is 4. The predicted molar refractivity (Wildman–Crippen MR) is 149 cm³/mol. The minimum absolute atomic E-state index is 0.0220. The lowest BCUT2D eigenvalue weighted by Crippen LogP contribution is -2.51. The summed E-state index contributed by atoms with van der Waals surface area (Å²) in [6.07, 6.45) is 3.70. The molecule has 0 saturated carbocycles. The molecular formula is C31H38N4O4.